The largest absolute Gasteiger partial charge is 0.496 e. The molecule has 3 N–H and O–H groups in total. The van der Waals surface area contributed by atoms with Crippen molar-refractivity contribution >= 4 is 23.5 Å². The van der Waals surface area contributed by atoms with Gasteiger partial charge < -0.3 is 20.3 Å². The van der Waals surface area contributed by atoms with Gasteiger partial charge in [0.25, 0.3) is 5.91 Å². The molecule has 6 nitrogen and oxygen atoms in total. The Morgan fingerprint density at radius 2 is 2.16 bits per heavy atom. The van der Waals surface area contributed by atoms with E-state index in [0.717, 1.165) is 0 Å². The summed E-state index contributed by atoms with van der Waals surface area (Å²) in [6.45, 7) is -0.343. The zero-order valence-electron chi connectivity index (χ0n) is 10.2. The summed E-state index contributed by atoms with van der Waals surface area (Å²) in [6, 6.07) is 3.29. The fourth-order valence-corrected chi connectivity index (χ4v) is 1.65. The van der Waals surface area contributed by atoms with E-state index in [1.165, 1.54) is 19.2 Å². The molecule has 1 amide bonds. The number of nitrogens with one attached hydrogen (secondary N) is 1. The Morgan fingerprint density at radius 3 is 2.68 bits per heavy atom. The van der Waals surface area contributed by atoms with Crippen LogP contribution in [-0.4, -0.2) is 41.8 Å². The third-order valence-electron chi connectivity index (χ3n) is 2.43. The number of hydrogen-bond donors (Lipinski definition) is 3. The van der Waals surface area contributed by atoms with Gasteiger partial charge in [0.15, 0.2) is 0 Å². The molecule has 0 aliphatic rings. The molecule has 0 unspecified atom stereocenters. The maximum atomic E-state index is 12.0. The first-order valence-corrected chi connectivity index (χ1v) is 5.85. The van der Waals surface area contributed by atoms with Gasteiger partial charge in [-0.05, 0) is 18.2 Å². The monoisotopic (exact) mass is 287 g/mol. The summed E-state index contributed by atoms with van der Waals surface area (Å²) in [5, 5.41) is 20.3. The highest BCUT2D eigenvalue weighted by Gasteiger charge is 2.22. The number of benzene rings is 1. The normalized spacial score (nSPS) is 11.7. The van der Waals surface area contributed by atoms with Crippen LogP contribution in [0.5, 0.6) is 5.75 Å². The van der Waals surface area contributed by atoms with E-state index in [-0.39, 0.29) is 24.3 Å². The molecule has 0 aliphatic heterocycles. The van der Waals surface area contributed by atoms with E-state index in [1.807, 2.05) is 0 Å². The summed E-state index contributed by atoms with van der Waals surface area (Å²) in [4.78, 5) is 22.9. The Hall–Kier alpha value is -1.79. The molecule has 0 radical (unpaired) electrons. The molecule has 1 rings (SSSR count). The number of halogens is 1. The lowest BCUT2D eigenvalue weighted by Gasteiger charge is -2.14. The molecule has 0 aliphatic carbocycles. The maximum Gasteiger partial charge on any atom is 0.326 e. The fourth-order valence-electron chi connectivity index (χ4n) is 1.48. The number of carboxylic acid groups (broad SMARTS) is 1. The van der Waals surface area contributed by atoms with Crippen molar-refractivity contribution in [2.75, 3.05) is 13.7 Å². The fraction of sp³-hybridized carbons (Fsp3) is 0.333. The first kappa shape index (κ1) is 15.3. The molecule has 0 saturated heterocycles. The van der Waals surface area contributed by atoms with Crippen LogP contribution in [0.4, 0.5) is 0 Å². The highest BCUT2D eigenvalue weighted by atomic mass is 35.5. The average molecular weight is 288 g/mol. The van der Waals surface area contributed by atoms with Crippen LogP contribution in [0.25, 0.3) is 0 Å². The van der Waals surface area contributed by atoms with E-state index < -0.39 is 17.9 Å². The quantitative estimate of drug-likeness (QED) is 0.723. The molecule has 1 atom stereocenters. The Kier molecular flexibility index (Phi) is 5.59. The minimum Gasteiger partial charge on any atom is -0.496 e. The second-order valence-corrected chi connectivity index (χ2v) is 4.16. The summed E-state index contributed by atoms with van der Waals surface area (Å²) in [5.41, 5.74) is 0.138. The molecule has 0 heterocycles. The molecular formula is C12H14ClNO5. The first-order chi connectivity index (χ1) is 8.99. The van der Waals surface area contributed by atoms with E-state index in [4.69, 9.17) is 26.6 Å². The van der Waals surface area contributed by atoms with Crippen molar-refractivity contribution in [2.24, 2.45) is 0 Å². The summed E-state index contributed by atoms with van der Waals surface area (Å²) >= 11 is 5.79. The predicted octanol–water partition coefficient (Wildman–Crippen LogP) is 0.914. The van der Waals surface area contributed by atoms with Crippen LogP contribution in [0.3, 0.4) is 0 Å². The summed E-state index contributed by atoms with van der Waals surface area (Å²) in [5.74, 6) is -1.56. The smallest absolute Gasteiger partial charge is 0.326 e. The number of carbonyl (C=O) groups excluding carboxylic acids is 1. The molecule has 0 fully saturated rings. The highest BCUT2D eigenvalue weighted by molar-refractivity contribution is 6.31. The average Bonchev–Trinajstić information content (AvgIpc) is 2.37. The second-order valence-electron chi connectivity index (χ2n) is 3.72. The summed E-state index contributed by atoms with van der Waals surface area (Å²) in [7, 11) is 1.39. The molecule has 1 aromatic carbocycles. The van der Waals surface area contributed by atoms with Gasteiger partial charge in [-0.2, -0.15) is 0 Å². The summed E-state index contributed by atoms with van der Waals surface area (Å²) < 4.78 is 5.01. The van der Waals surface area contributed by atoms with E-state index >= 15 is 0 Å². The van der Waals surface area contributed by atoms with E-state index in [1.54, 1.807) is 6.07 Å². The minimum absolute atomic E-state index is 0.0794. The van der Waals surface area contributed by atoms with Gasteiger partial charge in [0.1, 0.15) is 11.8 Å². The number of carboxylic acids is 1. The molecule has 19 heavy (non-hydrogen) atoms. The highest BCUT2D eigenvalue weighted by Crippen LogP contribution is 2.22. The van der Waals surface area contributed by atoms with E-state index in [2.05, 4.69) is 5.32 Å². The van der Waals surface area contributed by atoms with Crippen molar-refractivity contribution in [3.8, 4) is 5.75 Å². The van der Waals surface area contributed by atoms with Crippen LogP contribution in [0, 0.1) is 0 Å². The number of rotatable bonds is 6. The number of methoxy groups -OCH3 is 1. The van der Waals surface area contributed by atoms with E-state index in [9.17, 15) is 9.59 Å². The van der Waals surface area contributed by atoms with Gasteiger partial charge in [0.05, 0.1) is 12.7 Å². The lowest BCUT2D eigenvalue weighted by Crippen LogP contribution is -2.41. The third-order valence-corrected chi connectivity index (χ3v) is 2.66. The second kappa shape index (κ2) is 6.96. The molecule has 104 valence electrons. The van der Waals surface area contributed by atoms with Crippen molar-refractivity contribution in [1.82, 2.24) is 5.32 Å². The zero-order chi connectivity index (χ0) is 14.4. The number of ether oxygens (including phenoxy) is 1. The van der Waals surface area contributed by atoms with Crippen LogP contribution in [0.15, 0.2) is 18.2 Å². The van der Waals surface area contributed by atoms with Gasteiger partial charge in [0, 0.05) is 18.1 Å². The first-order valence-electron chi connectivity index (χ1n) is 5.47. The van der Waals surface area contributed by atoms with Crippen molar-refractivity contribution in [1.29, 1.82) is 0 Å². The molecule has 7 heteroatoms. The molecule has 0 spiro atoms. The van der Waals surface area contributed by atoms with Crippen molar-refractivity contribution in [2.45, 2.75) is 12.5 Å². The molecule has 0 aromatic heterocycles. The number of aliphatic hydroxyl groups is 1. The lowest BCUT2D eigenvalue weighted by atomic mass is 10.1. The topological polar surface area (TPSA) is 95.9 Å². The maximum absolute atomic E-state index is 12.0. The number of carbonyl (C=O) groups is 2. The van der Waals surface area contributed by atoms with Gasteiger partial charge in [0.2, 0.25) is 0 Å². The lowest BCUT2D eigenvalue weighted by molar-refractivity contribution is -0.139. The van der Waals surface area contributed by atoms with Crippen LogP contribution in [0.2, 0.25) is 5.02 Å². The Labute approximate surface area is 114 Å². The van der Waals surface area contributed by atoms with E-state index in [0.29, 0.717) is 5.02 Å². The predicted molar refractivity (Wildman–Crippen MR) is 68.6 cm³/mol. The van der Waals surface area contributed by atoms with Gasteiger partial charge in [-0.1, -0.05) is 11.6 Å². The number of hydrogen-bond acceptors (Lipinski definition) is 4. The van der Waals surface area contributed by atoms with Crippen molar-refractivity contribution in [3.63, 3.8) is 0 Å². The zero-order valence-corrected chi connectivity index (χ0v) is 11.0. The molecule has 0 bridgehead atoms. The van der Waals surface area contributed by atoms with Crippen LogP contribution in [0.1, 0.15) is 16.8 Å². The SMILES string of the molecule is COc1ccc(Cl)cc1C(=O)N[C@@H](CCO)C(=O)O. The minimum atomic E-state index is -1.22. The van der Waals surface area contributed by atoms with Crippen molar-refractivity contribution in [3.05, 3.63) is 28.8 Å². The van der Waals surface area contributed by atoms with Crippen LogP contribution < -0.4 is 10.1 Å². The molecular weight excluding hydrogens is 274 g/mol. The van der Waals surface area contributed by atoms with Crippen LogP contribution >= 0.6 is 11.6 Å². The summed E-state index contributed by atoms with van der Waals surface area (Å²) in [6.07, 6.45) is -0.0794. The van der Waals surface area contributed by atoms with Gasteiger partial charge in [-0.25, -0.2) is 4.79 Å². The Morgan fingerprint density at radius 1 is 1.47 bits per heavy atom. The third kappa shape index (κ3) is 4.11. The standard InChI is InChI=1S/C12H14ClNO5/c1-19-10-3-2-7(13)6-8(10)11(16)14-9(4-5-15)12(17)18/h2-3,6,9,15H,4-5H2,1H3,(H,14,16)(H,17,18)/t9-/m0/s1. The number of amides is 1. The van der Waals surface area contributed by atoms with Crippen molar-refractivity contribution < 1.29 is 24.5 Å². The Bertz CT molecular complexity index is 477. The van der Waals surface area contributed by atoms with Crippen LogP contribution in [-0.2, 0) is 4.79 Å². The van der Waals surface area contributed by atoms with Gasteiger partial charge in [-0.15, -0.1) is 0 Å². The Balaban J connectivity index is 2.93. The molecule has 1 aromatic rings. The number of aliphatic carboxylic acids is 1. The molecule has 0 saturated carbocycles. The number of aliphatic hydroxyl groups excluding tert-OH is 1. The van der Waals surface area contributed by atoms with Gasteiger partial charge in [-0.3, -0.25) is 4.79 Å². The van der Waals surface area contributed by atoms with Gasteiger partial charge >= 0.3 is 5.97 Å².